The van der Waals surface area contributed by atoms with Crippen LogP contribution in [0.2, 0.25) is 0 Å². The number of amides is 1. The lowest BCUT2D eigenvalue weighted by atomic mass is 10.1. The first-order valence-corrected chi connectivity index (χ1v) is 6.70. The largest absolute Gasteiger partial charge is 0.479 e. The lowest BCUT2D eigenvalue weighted by Gasteiger charge is -2.12. The quantitative estimate of drug-likeness (QED) is 0.835. The van der Waals surface area contributed by atoms with Crippen molar-refractivity contribution in [3.05, 3.63) is 29.6 Å². The van der Waals surface area contributed by atoms with Gasteiger partial charge in [-0.1, -0.05) is 13.0 Å². The number of ether oxygens (including phenoxy) is 1. The van der Waals surface area contributed by atoms with E-state index < -0.39 is 18.2 Å². The van der Waals surface area contributed by atoms with Crippen LogP contribution >= 0.6 is 0 Å². The molecule has 2 heterocycles. The molecule has 0 radical (unpaired) electrons. The van der Waals surface area contributed by atoms with Crippen LogP contribution < -0.4 is 5.32 Å². The van der Waals surface area contributed by atoms with Crippen LogP contribution in [0.3, 0.4) is 0 Å². The van der Waals surface area contributed by atoms with E-state index in [1.54, 1.807) is 6.20 Å². The highest BCUT2D eigenvalue weighted by Crippen LogP contribution is 2.20. The summed E-state index contributed by atoms with van der Waals surface area (Å²) in [6.45, 7) is 2.36. The van der Waals surface area contributed by atoms with Gasteiger partial charge in [0.2, 0.25) is 5.91 Å². The van der Waals surface area contributed by atoms with E-state index in [0.29, 0.717) is 19.4 Å². The minimum absolute atomic E-state index is 0.276. The number of rotatable bonds is 5. The van der Waals surface area contributed by atoms with Crippen LogP contribution in [0.4, 0.5) is 0 Å². The summed E-state index contributed by atoms with van der Waals surface area (Å²) in [4.78, 5) is 26.9. The van der Waals surface area contributed by atoms with Crippen LogP contribution in [-0.2, 0) is 27.3 Å². The summed E-state index contributed by atoms with van der Waals surface area (Å²) in [5.41, 5.74) is 1.92. The molecule has 0 spiro atoms. The predicted octanol–water partition coefficient (Wildman–Crippen LogP) is 0.892. The molecular weight excluding hydrogens is 260 g/mol. The maximum Gasteiger partial charge on any atom is 0.332 e. The Kier molecular flexibility index (Phi) is 4.68. The van der Waals surface area contributed by atoms with E-state index in [4.69, 9.17) is 9.84 Å². The van der Waals surface area contributed by atoms with Gasteiger partial charge in [0.25, 0.3) is 0 Å². The first-order chi connectivity index (χ1) is 9.61. The zero-order valence-corrected chi connectivity index (χ0v) is 11.3. The van der Waals surface area contributed by atoms with E-state index >= 15 is 0 Å². The number of hydrogen-bond donors (Lipinski definition) is 2. The molecule has 1 aliphatic heterocycles. The molecule has 2 N–H and O–H groups in total. The van der Waals surface area contributed by atoms with Crippen molar-refractivity contribution >= 4 is 11.9 Å². The van der Waals surface area contributed by atoms with Crippen molar-refractivity contribution in [2.24, 2.45) is 0 Å². The number of pyridine rings is 1. The number of aromatic nitrogens is 1. The summed E-state index contributed by atoms with van der Waals surface area (Å²) >= 11 is 0. The number of aryl methyl sites for hydroxylation is 1. The number of hydrogen-bond acceptors (Lipinski definition) is 4. The van der Waals surface area contributed by atoms with Gasteiger partial charge >= 0.3 is 5.97 Å². The maximum absolute atomic E-state index is 11.9. The first kappa shape index (κ1) is 14.5. The summed E-state index contributed by atoms with van der Waals surface area (Å²) in [5, 5.41) is 11.6. The van der Waals surface area contributed by atoms with Gasteiger partial charge in [-0.25, -0.2) is 4.79 Å². The third-order valence-corrected chi connectivity index (χ3v) is 3.38. The zero-order valence-electron chi connectivity index (χ0n) is 11.3. The molecule has 20 heavy (non-hydrogen) atoms. The molecule has 1 aliphatic rings. The van der Waals surface area contributed by atoms with Gasteiger partial charge in [0.1, 0.15) is 6.10 Å². The highest BCUT2D eigenvalue weighted by Gasteiger charge is 2.34. The fourth-order valence-corrected chi connectivity index (χ4v) is 2.25. The Morgan fingerprint density at radius 3 is 2.85 bits per heavy atom. The van der Waals surface area contributed by atoms with Crippen LogP contribution in [0, 0.1) is 0 Å². The molecule has 2 atom stereocenters. The van der Waals surface area contributed by atoms with Crippen molar-refractivity contribution in [3.8, 4) is 0 Å². The number of carboxylic acid groups (broad SMARTS) is 1. The fraction of sp³-hybridized carbons (Fsp3) is 0.500. The molecule has 0 saturated carbocycles. The van der Waals surface area contributed by atoms with Crippen molar-refractivity contribution in [3.63, 3.8) is 0 Å². The van der Waals surface area contributed by atoms with E-state index in [2.05, 4.69) is 10.3 Å². The van der Waals surface area contributed by atoms with Crippen LogP contribution in [-0.4, -0.2) is 34.2 Å². The van der Waals surface area contributed by atoms with E-state index in [-0.39, 0.29) is 5.91 Å². The van der Waals surface area contributed by atoms with Crippen molar-refractivity contribution in [1.29, 1.82) is 0 Å². The van der Waals surface area contributed by atoms with Crippen LogP contribution in [0.1, 0.15) is 31.0 Å². The van der Waals surface area contributed by atoms with Crippen LogP contribution in [0.15, 0.2) is 18.3 Å². The van der Waals surface area contributed by atoms with Gasteiger partial charge in [0.15, 0.2) is 6.10 Å². The van der Waals surface area contributed by atoms with Gasteiger partial charge in [-0.2, -0.15) is 0 Å². The Balaban J connectivity index is 1.88. The number of carboxylic acids is 1. The Hall–Kier alpha value is -1.95. The maximum atomic E-state index is 11.9. The topological polar surface area (TPSA) is 88.5 Å². The second kappa shape index (κ2) is 6.47. The van der Waals surface area contributed by atoms with Gasteiger partial charge in [0, 0.05) is 6.20 Å². The molecule has 1 aromatic rings. The van der Waals surface area contributed by atoms with Gasteiger partial charge in [-0.05, 0) is 30.9 Å². The highest BCUT2D eigenvalue weighted by molar-refractivity contribution is 5.82. The molecule has 1 aromatic heterocycles. The van der Waals surface area contributed by atoms with E-state index in [9.17, 15) is 9.59 Å². The summed E-state index contributed by atoms with van der Waals surface area (Å²) in [7, 11) is 0. The van der Waals surface area contributed by atoms with Crippen molar-refractivity contribution in [2.45, 2.75) is 44.9 Å². The summed E-state index contributed by atoms with van der Waals surface area (Å²) in [5.74, 6) is -1.29. The fourth-order valence-electron chi connectivity index (χ4n) is 2.25. The van der Waals surface area contributed by atoms with Gasteiger partial charge in [-0.15, -0.1) is 0 Å². The molecule has 108 valence electrons. The average molecular weight is 278 g/mol. The Morgan fingerprint density at radius 2 is 2.20 bits per heavy atom. The lowest BCUT2D eigenvalue weighted by Crippen LogP contribution is -2.35. The third kappa shape index (κ3) is 3.33. The van der Waals surface area contributed by atoms with Crippen molar-refractivity contribution < 1.29 is 19.4 Å². The second-order valence-electron chi connectivity index (χ2n) is 4.71. The molecule has 6 nitrogen and oxygen atoms in total. The smallest absolute Gasteiger partial charge is 0.332 e. The van der Waals surface area contributed by atoms with Gasteiger partial charge < -0.3 is 15.2 Å². The SMILES string of the molecule is CCc1cccnc1CNC(=O)C1CCC(C(=O)O)O1. The Bertz CT molecular complexity index is 504. The molecule has 0 aliphatic carbocycles. The lowest BCUT2D eigenvalue weighted by molar-refractivity contribution is -0.151. The van der Waals surface area contributed by atoms with Crippen LogP contribution in [0.25, 0.3) is 0 Å². The van der Waals surface area contributed by atoms with Gasteiger partial charge in [-0.3, -0.25) is 9.78 Å². The van der Waals surface area contributed by atoms with E-state index in [0.717, 1.165) is 17.7 Å². The Labute approximate surface area is 117 Å². The van der Waals surface area contributed by atoms with E-state index in [1.165, 1.54) is 0 Å². The predicted molar refractivity (Wildman–Crippen MR) is 71.0 cm³/mol. The molecule has 0 bridgehead atoms. The molecule has 2 rings (SSSR count). The number of carbonyl (C=O) groups excluding carboxylic acids is 1. The summed E-state index contributed by atoms with van der Waals surface area (Å²) in [6.07, 6.45) is 1.80. The molecular formula is C14H18N2O4. The normalized spacial score (nSPS) is 21.6. The number of aliphatic carboxylic acids is 1. The standard InChI is InChI=1S/C14H18N2O4/c1-2-9-4-3-7-15-10(9)8-16-13(17)11-5-6-12(20-11)14(18)19/h3-4,7,11-12H,2,5-6,8H2,1H3,(H,16,17)(H,18,19). The third-order valence-electron chi connectivity index (χ3n) is 3.38. The van der Waals surface area contributed by atoms with Crippen molar-refractivity contribution in [2.75, 3.05) is 0 Å². The zero-order chi connectivity index (χ0) is 14.5. The summed E-state index contributed by atoms with van der Waals surface area (Å²) < 4.78 is 5.20. The summed E-state index contributed by atoms with van der Waals surface area (Å²) in [6, 6.07) is 3.84. The molecule has 2 unspecified atom stereocenters. The monoisotopic (exact) mass is 278 g/mol. The van der Waals surface area contributed by atoms with E-state index in [1.807, 2.05) is 19.1 Å². The van der Waals surface area contributed by atoms with Crippen LogP contribution in [0.5, 0.6) is 0 Å². The highest BCUT2D eigenvalue weighted by atomic mass is 16.5. The van der Waals surface area contributed by atoms with Gasteiger partial charge in [0.05, 0.1) is 12.2 Å². The molecule has 1 fully saturated rings. The van der Waals surface area contributed by atoms with Crippen molar-refractivity contribution in [1.82, 2.24) is 10.3 Å². The molecule has 0 aromatic carbocycles. The Morgan fingerprint density at radius 1 is 1.45 bits per heavy atom. The molecule has 6 heteroatoms. The first-order valence-electron chi connectivity index (χ1n) is 6.70. The second-order valence-corrected chi connectivity index (χ2v) is 4.71. The molecule has 1 saturated heterocycles. The average Bonchev–Trinajstić information content (AvgIpc) is 2.95. The number of carbonyl (C=O) groups is 2. The number of nitrogens with one attached hydrogen (secondary N) is 1. The number of nitrogens with zero attached hydrogens (tertiary/aromatic N) is 1. The minimum Gasteiger partial charge on any atom is -0.479 e. The molecule has 1 amide bonds. The minimum atomic E-state index is -1.02.